The van der Waals surface area contributed by atoms with Crippen LogP contribution in [0.15, 0.2) is 102 Å². The van der Waals surface area contributed by atoms with Crippen molar-refractivity contribution in [3.63, 3.8) is 0 Å². The van der Waals surface area contributed by atoms with E-state index in [4.69, 9.17) is 23.2 Å². The number of hydrogen-bond donors (Lipinski definition) is 0. The fraction of sp³-hybridized carbons (Fsp3) is 0.0800. The zero-order chi connectivity index (χ0) is 22.6. The molecule has 162 valence electrons. The lowest BCUT2D eigenvalue weighted by molar-refractivity contribution is 0.397. The molecule has 7 heteroatoms. The Kier molecular flexibility index (Phi) is 6.92. The number of aromatic nitrogens is 1. The number of benzene rings is 3. The summed E-state index contributed by atoms with van der Waals surface area (Å²) in [6.07, 6.45) is 1.65. The molecular formula is C25H20Cl2N2O2S. The summed E-state index contributed by atoms with van der Waals surface area (Å²) in [7, 11) is -3.76. The Morgan fingerprint density at radius 2 is 1.47 bits per heavy atom. The summed E-state index contributed by atoms with van der Waals surface area (Å²) in [4.78, 5) is 4.49. The number of pyridine rings is 1. The van der Waals surface area contributed by atoms with Gasteiger partial charge in [-0.3, -0.25) is 4.98 Å². The van der Waals surface area contributed by atoms with Gasteiger partial charge in [-0.1, -0.05) is 65.7 Å². The van der Waals surface area contributed by atoms with Crippen molar-refractivity contribution in [1.82, 2.24) is 9.29 Å². The van der Waals surface area contributed by atoms with E-state index in [0.29, 0.717) is 15.7 Å². The summed E-state index contributed by atoms with van der Waals surface area (Å²) < 4.78 is 28.3. The Balaban J connectivity index is 1.63. The topological polar surface area (TPSA) is 50.3 Å². The first-order valence-electron chi connectivity index (χ1n) is 9.92. The first kappa shape index (κ1) is 22.5. The molecule has 0 radical (unpaired) electrons. The molecule has 4 nitrogen and oxygen atoms in total. The van der Waals surface area contributed by atoms with Crippen molar-refractivity contribution in [2.24, 2.45) is 0 Å². The highest BCUT2D eigenvalue weighted by molar-refractivity contribution is 7.89. The van der Waals surface area contributed by atoms with Crippen molar-refractivity contribution in [1.29, 1.82) is 0 Å². The van der Waals surface area contributed by atoms with E-state index in [-0.39, 0.29) is 18.0 Å². The second-order valence-electron chi connectivity index (χ2n) is 7.26. The third-order valence-electron chi connectivity index (χ3n) is 4.99. The second kappa shape index (κ2) is 9.84. The summed E-state index contributed by atoms with van der Waals surface area (Å²) in [5.74, 6) is 0. The van der Waals surface area contributed by atoms with E-state index < -0.39 is 10.0 Å². The van der Waals surface area contributed by atoms with Crippen molar-refractivity contribution in [3.8, 4) is 11.1 Å². The molecule has 0 N–H and O–H groups in total. The Bertz CT molecular complexity index is 1290. The molecule has 1 aromatic heterocycles. The molecular weight excluding hydrogens is 463 g/mol. The van der Waals surface area contributed by atoms with Crippen molar-refractivity contribution in [2.75, 3.05) is 0 Å². The van der Waals surface area contributed by atoms with E-state index in [1.54, 1.807) is 24.4 Å². The highest BCUT2D eigenvalue weighted by Crippen LogP contribution is 2.25. The number of sulfonamides is 1. The Morgan fingerprint density at radius 3 is 2.12 bits per heavy atom. The van der Waals surface area contributed by atoms with Crippen LogP contribution < -0.4 is 0 Å². The molecule has 0 unspecified atom stereocenters. The van der Waals surface area contributed by atoms with Gasteiger partial charge in [-0.2, -0.15) is 4.31 Å². The molecule has 0 spiro atoms. The lowest BCUT2D eigenvalue weighted by Crippen LogP contribution is -2.30. The fourth-order valence-electron chi connectivity index (χ4n) is 3.33. The first-order chi connectivity index (χ1) is 15.4. The summed E-state index contributed by atoms with van der Waals surface area (Å²) in [5.41, 5.74) is 3.54. The number of hydrogen-bond acceptors (Lipinski definition) is 3. The molecule has 4 rings (SSSR count). The van der Waals surface area contributed by atoms with Crippen molar-refractivity contribution in [2.45, 2.75) is 18.0 Å². The molecule has 0 saturated heterocycles. The van der Waals surface area contributed by atoms with E-state index in [0.717, 1.165) is 16.7 Å². The molecule has 0 amide bonds. The molecule has 0 aliphatic heterocycles. The molecule has 32 heavy (non-hydrogen) atoms. The van der Waals surface area contributed by atoms with Crippen LogP contribution in [0.25, 0.3) is 11.1 Å². The van der Waals surface area contributed by atoms with Gasteiger partial charge in [0.1, 0.15) is 0 Å². The van der Waals surface area contributed by atoms with Crippen LogP contribution in [0.2, 0.25) is 10.0 Å². The van der Waals surface area contributed by atoms with Gasteiger partial charge < -0.3 is 0 Å². The highest BCUT2D eigenvalue weighted by atomic mass is 35.5. The van der Waals surface area contributed by atoms with E-state index >= 15 is 0 Å². The zero-order valence-electron chi connectivity index (χ0n) is 17.0. The number of halogens is 2. The van der Waals surface area contributed by atoms with Crippen LogP contribution in [-0.4, -0.2) is 17.7 Å². The van der Waals surface area contributed by atoms with Crippen LogP contribution in [0.1, 0.15) is 11.3 Å². The fourth-order valence-corrected chi connectivity index (χ4v) is 5.04. The first-order valence-corrected chi connectivity index (χ1v) is 12.1. The summed E-state index contributed by atoms with van der Waals surface area (Å²) in [6, 6.07) is 27.1. The molecule has 0 fully saturated rings. The van der Waals surface area contributed by atoms with Gasteiger partial charge >= 0.3 is 0 Å². The van der Waals surface area contributed by atoms with E-state index in [2.05, 4.69) is 4.98 Å². The van der Waals surface area contributed by atoms with Gasteiger partial charge in [0.15, 0.2) is 0 Å². The largest absolute Gasteiger partial charge is 0.260 e. The zero-order valence-corrected chi connectivity index (χ0v) is 19.4. The maximum absolute atomic E-state index is 13.4. The van der Waals surface area contributed by atoms with E-state index in [1.165, 1.54) is 16.4 Å². The van der Waals surface area contributed by atoms with Crippen molar-refractivity contribution < 1.29 is 8.42 Å². The minimum atomic E-state index is -3.76. The van der Waals surface area contributed by atoms with Crippen LogP contribution in [0.5, 0.6) is 0 Å². The molecule has 4 aromatic rings. The second-order valence-corrected chi connectivity index (χ2v) is 10.1. The van der Waals surface area contributed by atoms with Gasteiger partial charge in [0.25, 0.3) is 0 Å². The molecule has 0 aliphatic rings. The van der Waals surface area contributed by atoms with Gasteiger partial charge in [-0.15, -0.1) is 0 Å². The van der Waals surface area contributed by atoms with Gasteiger partial charge in [0, 0.05) is 22.8 Å². The van der Waals surface area contributed by atoms with Gasteiger partial charge in [0.2, 0.25) is 10.0 Å². The molecule has 0 saturated carbocycles. The van der Waals surface area contributed by atoms with Crippen LogP contribution in [-0.2, 0) is 23.1 Å². The Morgan fingerprint density at radius 1 is 0.719 bits per heavy atom. The Labute approximate surface area is 198 Å². The summed E-state index contributed by atoms with van der Waals surface area (Å²) >= 11 is 12.1. The predicted molar refractivity (Wildman–Crippen MR) is 129 cm³/mol. The monoisotopic (exact) mass is 482 g/mol. The van der Waals surface area contributed by atoms with Crippen molar-refractivity contribution >= 4 is 33.2 Å². The lowest BCUT2D eigenvalue weighted by atomic mass is 10.0. The standard InChI is InChI=1S/C25H20Cl2N2O2S/c26-22-11-13-25(14-12-22)32(30,31)29(18-24-6-1-2-15-28-24)17-19-7-9-20(10-8-19)21-4-3-5-23(27)16-21/h1-16H,17-18H2. The van der Waals surface area contributed by atoms with Gasteiger partial charge in [0.05, 0.1) is 17.1 Å². The third kappa shape index (κ3) is 5.37. The average Bonchev–Trinajstić information content (AvgIpc) is 2.80. The normalized spacial score (nSPS) is 11.6. The third-order valence-corrected chi connectivity index (χ3v) is 7.28. The van der Waals surface area contributed by atoms with Crippen LogP contribution >= 0.6 is 23.2 Å². The smallest absolute Gasteiger partial charge is 0.243 e. The number of rotatable bonds is 7. The van der Waals surface area contributed by atoms with E-state index in [9.17, 15) is 8.42 Å². The van der Waals surface area contributed by atoms with Crippen LogP contribution in [0, 0.1) is 0 Å². The molecule has 1 heterocycles. The maximum atomic E-state index is 13.4. The maximum Gasteiger partial charge on any atom is 0.243 e. The highest BCUT2D eigenvalue weighted by Gasteiger charge is 2.25. The average molecular weight is 483 g/mol. The van der Waals surface area contributed by atoms with Crippen LogP contribution in [0.3, 0.4) is 0 Å². The number of nitrogens with zero attached hydrogens (tertiary/aromatic N) is 2. The van der Waals surface area contributed by atoms with Crippen LogP contribution in [0.4, 0.5) is 0 Å². The Hall–Kier alpha value is -2.70. The minimum Gasteiger partial charge on any atom is -0.260 e. The lowest BCUT2D eigenvalue weighted by Gasteiger charge is -2.22. The van der Waals surface area contributed by atoms with E-state index in [1.807, 2.05) is 60.7 Å². The summed E-state index contributed by atoms with van der Waals surface area (Å²) in [6.45, 7) is 0.360. The van der Waals surface area contributed by atoms with Gasteiger partial charge in [-0.05, 0) is 65.2 Å². The molecule has 0 aliphatic carbocycles. The van der Waals surface area contributed by atoms with Gasteiger partial charge in [-0.25, -0.2) is 8.42 Å². The van der Waals surface area contributed by atoms with Crippen molar-refractivity contribution in [3.05, 3.63) is 118 Å². The summed E-state index contributed by atoms with van der Waals surface area (Å²) in [5, 5.41) is 1.15. The quantitative estimate of drug-likeness (QED) is 0.304. The molecule has 0 atom stereocenters. The molecule has 3 aromatic carbocycles. The SMILES string of the molecule is O=S(=O)(c1ccc(Cl)cc1)N(Cc1ccc(-c2cccc(Cl)c2)cc1)Cc1ccccn1. The predicted octanol–water partition coefficient (Wildman–Crippen LogP) is 6.45. The minimum absolute atomic E-state index is 0.155. The molecule has 0 bridgehead atoms.